The van der Waals surface area contributed by atoms with Crippen molar-refractivity contribution in [1.29, 1.82) is 0 Å². The van der Waals surface area contributed by atoms with Crippen LogP contribution in [0.4, 0.5) is 22.7 Å². The van der Waals surface area contributed by atoms with Gasteiger partial charge in [-0.25, -0.2) is 0 Å². The number of hydrogen-bond donors (Lipinski definition) is 2. The molecule has 3 heteroatoms. The molecule has 194 valence electrons. The SMILES string of the molecule is C=C.C=C.C=C1c2cc(C)ccc2Nc2cc3c(cc21)N(CCCCN)c1ccc(C)cc1C3=C.CC. The number of anilines is 4. The van der Waals surface area contributed by atoms with E-state index in [4.69, 9.17) is 5.73 Å². The number of unbranched alkanes of at least 4 members (excludes halogenated alkanes) is 1. The van der Waals surface area contributed by atoms with Crippen LogP contribution in [0.3, 0.4) is 0 Å². The minimum atomic E-state index is 0.717. The minimum Gasteiger partial charge on any atom is -0.354 e. The maximum atomic E-state index is 5.79. The average molecular weight is 494 g/mol. The molecule has 0 spiro atoms. The highest BCUT2D eigenvalue weighted by atomic mass is 15.1. The number of hydrogen-bond acceptors (Lipinski definition) is 3. The van der Waals surface area contributed by atoms with Crippen LogP contribution in [0.5, 0.6) is 0 Å². The van der Waals surface area contributed by atoms with E-state index in [2.05, 4.69) is 112 Å². The molecular formula is C34H43N3. The zero-order chi connectivity index (χ0) is 27.7. The van der Waals surface area contributed by atoms with E-state index in [1.807, 2.05) is 13.8 Å². The number of aryl methyl sites for hydroxylation is 2. The molecule has 0 amide bonds. The summed E-state index contributed by atoms with van der Waals surface area (Å²) in [6.07, 6.45) is 2.06. The molecular weight excluding hydrogens is 450 g/mol. The van der Waals surface area contributed by atoms with Gasteiger partial charge in [0.15, 0.2) is 0 Å². The number of nitrogens with zero attached hydrogens (tertiary/aromatic N) is 1. The first-order valence-electron chi connectivity index (χ1n) is 13.0. The normalized spacial score (nSPS) is 12.0. The largest absolute Gasteiger partial charge is 0.354 e. The number of rotatable bonds is 4. The van der Waals surface area contributed by atoms with Crippen molar-refractivity contribution in [1.82, 2.24) is 0 Å². The van der Waals surface area contributed by atoms with Gasteiger partial charge in [-0.1, -0.05) is 50.3 Å². The van der Waals surface area contributed by atoms with Crippen molar-refractivity contribution in [3.8, 4) is 0 Å². The van der Waals surface area contributed by atoms with Crippen molar-refractivity contribution < 1.29 is 0 Å². The van der Waals surface area contributed by atoms with Crippen molar-refractivity contribution >= 4 is 33.9 Å². The lowest BCUT2D eigenvalue weighted by atomic mass is 9.85. The molecule has 3 aromatic rings. The van der Waals surface area contributed by atoms with E-state index in [9.17, 15) is 0 Å². The summed E-state index contributed by atoms with van der Waals surface area (Å²) in [4.78, 5) is 2.44. The Kier molecular flexibility index (Phi) is 10.7. The summed E-state index contributed by atoms with van der Waals surface area (Å²) in [6.45, 7) is 30.9. The molecule has 0 aliphatic carbocycles. The first-order valence-corrected chi connectivity index (χ1v) is 13.0. The summed E-state index contributed by atoms with van der Waals surface area (Å²) in [5, 5.41) is 3.63. The molecule has 3 aromatic carbocycles. The highest BCUT2D eigenvalue weighted by Crippen LogP contribution is 2.50. The molecule has 0 saturated carbocycles. The van der Waals surface area contributed by atoms with Crippen molar-refractivity contribution in [2.45, 2.75) is 40.5 Å². The number of benzene rings is 3. The molecule has 0 saturated heterocycles. The van der Waals surface area contributed by atoms with Gasteiger partial charge in [0, 0.05) is 51.5 Å². The molecule has 3 N–H and O–H groups in total. The van der Waals surface area contributed by atoms with Crippen molar-refractivity contribution in [3.63, 3.8) is 0 Å². The van der Waals surface area contributed by atoms with Crippen molar-refractivity contribution in [3.05, 3.63) is 121 Å². The molecule has 2 heterocycles. The molecule has 0 fully saturated rings. The Morgan fingerprint density at radius 3 is 1.86 bits per heavy atom. The predicted octanol–water partition coefficient (Wildman–Crippen LogP) is 9.30. The second-order valence-electron chi connectivity index (χ2n) is 8.71. The van der Waals surface area contributed by atoms with E-state index in [0.717, 1.165) is 54.0 Å². The molecule has 37 heavy (non-hydrogen) atoms. The zero-order valence-corrected chi connectivity index (χ0v) is 23.2. The van der Waals surface area contributed by atoms with Gasteiger partial charge in [-0.05, 0) is 80.8 Å². The van der Waals surface area contributed by atoms with Crippen LogP contribution in [0.2, 0.25) is 0 Å². The highest BCUT2D eigenvalue weighted by molar-refractivity contribution is 6.03. The van der Waals surface area contributed by atoms with Crippen LogP contribution in [0.15, 0.2) is 88.0 Å². The van der Waals surface area contributed by atoms with Crippen LogP contribution >= 0.6 is 0 Å². The van der Waals surface area contributed by atoms with Gasteiger partial charge in [0.1, 0.15) is 0 Å². The van der Waals surface area contributed by atoms with Crippen LogP contribution in [-0.2, 0) is 0 Å². The van der Waals surface area contributed by atoms with Gasteiger partial charge in [-0.15, -0.1) is 26.3 Å². The Hall–Kier alpha value is -3.82. The summed E-state index contributed by atoms with van der Waals surface area (Å²) in [5.41, 5.74) is 19.8. The van der Waals surface area contributed by atoms with Gasteiger partial charge >= 0.3 is 0 Å². The molecule has 0 aromatic heterocycles. The highest BCUT2D eigenvalue weighted by Gasteiger charge is 2.29. The van der Waals surface area contributed by atoms with Crippen molar-refractivity contribution in [2.75, 3.05) is 23.3 Å². The second kappa shape index (κ2) is 13.5. The first-order chi connectivity index (χ1) is 18.0. The van der Waals surface area contributed by atoms with E-state index in [1.165, 1.54) is 39.2 Å². The molecule has 2 aliphatic rings. The fourth-order valence-corrected chi connectivity index (χ4v) is 4.77. The smallest absolute Gasteiger partial charge is 0.0498 e. The Morgan fingerprint density at radius 1 is 0.676 bits per heavy atom. The van der Waals surface area contributed by atoms with Crippen LogP contribution in [0.25, 0.3) is 11.1 Å². The molecule has 0 bridgehead atoms. The van der Waals surface area contributed by atoms with Gasteiger partial charge in [-0.3, -0.25) is 0 Å². The van der Waals surface area contributed by atoms with E-state index in [1.54, 1.807) is 0 Å². The van der Waals surface area contributed by atoms with Crippen LogP contribution in [-0.4, -0.2) is 13.1 Å². The average Bonchev–Trinajstić information content (AvgIpc) is 2.94. The van der Waals surface area contributed by atoms with E-state index >= 15 is 0 Å². The standard InChI is InChI=1S/C28H29N3.C2H6.2C2H4/c1-17-7-9-25-21(13-17)19(3)22-16-28-24(15-26(22)30-25)20(4)23-14-18(2)8-10-27(23)31(28)12-6-5-11-29;3*1-2/h7-10,13-16,30H,3-6,11-12,29H2,1-2H3;1-2H3;2*1-2H2. The summed E-state index contributed by atoms with van der Waals surface area (Å²) in [6, 6.07) is 17.7. The second-order valence-corrected chi connectivity index (χ2v) is 8.71. The summed E-state index contributed by atoms with van der Waals surface area (Å²) in [5.74, 6) is 0. The third kappa shape index (κ3) is 5.79. The number of nitrogens with one attached hydrogen (secondary N) is 1. The summed E-state index contributed by atoms with van der Waals surface area (Å²) >= 11 is 0. The molecule has 0 radical (unpaired) electrons. The Balaban J connectivity index is 0.000000750. The fraction of sp³-hybridized carbons (Fsp3) is 0.235. The Bertz CT molecular complexity index is 1270. The molecule has 0 atom stereocenters. The van der Waals surface area contributed by atoms with Crippen LogP contribution < -0.4 is 16.0 Å². The monoisotopic (exact) mass is 493 g/mol. The third-order valence-electron chi connectivity index (χ3n) is 6.45. The molecule has 5 rings (SSSR count). The summed E-state index contributed by atoms with van der Waals surface area (Å²) < 4.78 is 0. The van der Waals surface area contributed by atoms with E-state index in [0.29, 0.717) is 0 Å². The lowest BCUT2D eigenvalue weighted by Gasteiger charge is -2.36. The molecule has 2 aliphatic heterocycles. The van der Waals surface area contributed by atoms with Gasteiger partial charge < -0.3 is 16.0 Å². The topological polar surface area (TPSA) is 41.3 Å². The van der Waals surface area contributed by atoms with Crippen molar-refractivity contribution in [2.24, 2.45) is 5.73 Å². The van der Waals surface area contributed by atoms with E-state index in [-0.39, 0.29) is 0 Å². The van der Waals surface area contributed by atoms with Gasteiger partial charge in [-0.2, -0.15) is 0 Å². The van der Waals surface area contributed by atoms with Gasteiger partial charge in [0.05, 0.1) is 0 Å². The van der Waals surface area contributed by atoms with E-state index < -0.39 is 0 Å². The third-order valence-corrected chi connectivity index (χ3v) is 6.45. The maximum absolute atomic E-state index is 5.79. The molecule has 0 unspecified atom stereocenters. The zero-order valence-electron chi connectivity index (χ0n) is 23.2. The number of nitrogens with two attached hydrogens (primary N) is 1. The Labute approximate surface area is 224 Å². The minimum absolute atomic E-state index is 0.717. The summed E-state index contributed by atoms with van der Waals surface area (Å²) in [7, 11) is 0. The quantitative estimate of drug-likeness (QED) is 0.220. The lowest BCUT2D eigenvalue weighted by Crippen LogP contribution is -2.25. The fourth-order valence-electron chi connectivity index (χ4n) is 4.77. The van der Waals surface area contributed by atoms with Crippen LogP contribution in [0.1, 0.15) is 60.1 Å². The number of fused-ring (bicyclic) bond motifs is 4. The lowest BCUT2D eigenvalue weighted by molar-refractivity contribution is 0.740. The maximum Gasteiger partial charge on any atom is 0.0498 e. The van der Waals surface area contributed by atoms with Gasteiger partial charge in [0.2, 0.25) is 0 Å². The van der Waals surface area contributed by atoms with Gasteiger partial charge in [0.25, 0.3) is 0 Å². The Morgan fingerprint density at radius 2 is 1.22 bits per heavy atom. The predicted molar refractivity (Wildman–Crippen MR) is 168 cm³/mol. The first kappa shape index (κ1) is 29.4. The van der Waals surface area contributed by atoms with Crippen LogP contribution in [0, 0.1) is 13.8 Å². The molecule has 3 nitrogen and oxygen atoms in total.